The Bertz CT molecular complexity index is 816. The predicted molar refractivity (Wildman–Crippen MR) is 135 cm³/mol. The summed E-state index contributed by atoms with van der Waals surface area (Å²) in [7, 11) is 0. The Balaban J connectivity index is 0.000000213. The average Bonchev–Trinajstić information content (AvgIpc) is 2.78. The topological polar surface area (TPSA) is 51.6 Å². The van der Waals surface area contributed by atoms with Crippen molar-refractivity contribution in [3.8, 4) is 0 Å². The van der Waals surface area contributed by atoms with Gasteiger partial charge in [-0.05, 0) is 124 Å². The molecule has 4 nitrogen and oxygen atoms in total. The minimum absolute atomic E-state index is 1.26. The monoisotopic (exact) mass is 428 g/mol. The summed E-state index contributed by atoms with van der Waals surface area (Å²) in [5, 5.41) is 0. The molecule has 4 heterocycles. The largest absolute Gasteiger partial charge is 0.264 e. The van der Waals surface area contributed by atoms with Crippen molar-refractivity contribution in [2.45, 2.75) is 55.4 Å². The zero-order chi connectivity index (χ0) is 23.9. The lowest BCUT2D eigenvalue weighted by Gasteiger charge is -1.92. The van der Waals surface area contributed by atoms with Crippen molar-refractivity contribution < 1.29 is 0 Å². The maximum Gasteiger partial charge on any atom is 0.0299 e. The van der Waals surface area contributed by atoms with Crippen LogP contribution in [0, 0.1) is 55.4 Å². The van der Waals surface area contributed by atoms with Gasteiger partial charge in [-0.25, -0.2) is 0 Å². The van der Waals surface area contributed by atoms with E-state index in [0.29, 0.717) is 0 Å². The quantitative estimate of drug-likeness (QED) is 0.309. The van der Waals surface area contributed by atoms with Crippen LogP contribution in [0.2, 0.25) is 0 Å². The first kappa shape index (κ1) is 26.6. The molecule has 4 rings (SSSR count). The van der Waals surface area contributed by atoms with Crippen LogP contribution < -0.4 is 0 Å². The number of aromatic nitrogens is 4. The van der Waals surface area contributed by atoms with Gasteiger partial charge in [0.1, 0.15) is 0 Å². The van der Waals surface area contributed by atoms with Crippen LogP contribution in [0.3, 0.4) is 0 Å². The third-order valence-electron chi connectivity index (χ3n) is 5.20. The Morgan fingerprint density at radius 3 is 0.594 bits per heavy atom. The van der Waals surface area contributed by atoms with E-state index in [0.717, 1.165) is 0 Å². The van der Waals surface area contributed by atoms with E-state index < -0.39 is 0 Å². The van der Waals surface area contributed by atoms with Gasteiger partial charge in [0, 0.05) is 49.6 Å². The fourth-order valence-electron chi connectivity index (χ4n) is 2.17. The van der Waals surface area contributed by atoms with Crippen LogP contribution in [-0.4, -0.2) is 19.9 Å². The van der Waals surface area contributed by atoms with Crippen molar-refractivity contribution in [2.24, 2.45) is 0 Å². The van der Waals surface area contributed by atoms with Gasteiger partial charge >= 0.3 is 0 Å². The number of pyridine rings is 4. The molecule has 0 bridgehead atoms. The average molecular weight is 429 g/mol. The SMILES string of the molecule is Cc1ccncc1C.Cc1ccncc1C.Cc1ccncc1C.Cc1ccncc1C. The summed E-state index contributed by atoms with van der Waals surface area (Å²) in [5.74, 6) is 0. The van der Waals surface area contributed by atoms with Gasteiger partial charge in [0.25, 0.3) is 0 Å². The van der Waals surface area contributed by atoms with Crippen LogP contribution in [-0.2, 0) is 0 Å². The highest BCUT2D eigenvalue weighted by Crippen LogP contribution is 2.02. The van der Waals surface area contributed by atoms with Gasteiger partial charge in [-0.1, -0.05) is 0 Å². The zero-order valence-electron chi connectivity index (χ0n) is 20.7. The van der Waals surface area contributed by atoms with E-state index in [1.54, 1.807) is 0 Å². The molecule has 168 valence electrons. The van der Waals surface area contributed by atoms with Crippen molar-refractivity contribution in [1.29, 1.82) is 0 Å². The minimum Gasteiger partial charge on any atom is -0.264 e. The Morgan fingerprint density at radius 2 is 0.500 bits per heavy atom. The van der Waals surface area contributed by atoms with Crippen molar-refractivity contribution in [2.75, 3.05) is 0 Å². The molecule has 0 amide bonds. The minimum atomic E-state index is 1.26. The van der Waals surface area contributed by atoms with E-state index in [2.05, 4.69) is 75.3 Å². The summed E-state index contributed by atoms with van der Waals surface area (Å²) in [5.41, 5.74) is 10.3. The number of hydrogen-bond acceptors (Lipinski definition) is 4. The molecule has 0 N–H and O–H groups in total. The second-order valence-electron chi connectivity index (χ2n) is 7.84. The Morgan fingerprint density at radius 1 is 0.312 bits per heavy atom. The highest BCUT2D eigenvalue weighted by Gasteiger charge is 1.87. The van der Waals surface area contributed by atoms with Crippen LogP contribution in [0.5, 0.6) is 0 Å². The van der Waals surface area contributed by atoms with Crippen molar-refractivity contribution >= 4 is 0 Å². The summed E-state index contributed by atoms with van der Waals surface area (Å²) < 4.78 is 0. The van der Waals surface area contributed by atoms with Crippen LogP contribution in [0.4, 0.5) is 0 Å². The van der Waals surface area contributed by atoms with E-state index in [1.165, 1.54) is 44.5 Å². The molecule has 4 aromatic rings. The van der Waals surface area contributed by atoms with Crippen molar-refractivity contribution in [3.63, 3.8) is 0 Å². The Kier molecular flexibility index (Phi) is 12.1. The number of nitrogens with zero attached hydrogens (tertiary/aromatic N) is 4. The second kappa shape index (κ2) is 14.6. The standard InChI is InChI=1S/4C7H9N/c4*1-6-3-4-8-5-7(6)2/h4*3-5H,1-2H3. The fourth-order valence-corrected chi connectivity index (χ4v) is 2.17. The molecule has 0 aliphatic heterocycles. The second-order valence-corrected chi connectivity index (χ2v) is 7.84. The molecule has 0 aliphatic carbocycles. The Hall–Kier alpha value is -3.40. The third kappa shape index (κ3) is 10.6. The zero-order valence-corrected chi connectivity index (χ0v) is 20.7. The van der Waals surface area contributed by atoms with E-state index in [1.807, 2.05) is 73.8 Å². The predicted octanol–water partition coefficient (Wildman–Crippen LogP) is 6.79. The van der Waals surface area contributed by atoms with Gasteiger partial charge in [-0.15, -0.1) is 0 Å². The lowest BCUT2D eigenvalue weighted by Crippen LogP contribution is -1.78. The van der Waals surface area contributed by atoms with Gasteiger partial charge in [-0.2, -0.15) is 0 Å². The molecule has 0 atom stereocenters. The molecule has 0 aromatic carbocycles. The van der Waals surface area contributed by atoms with Crippen LogP contribution in [0.15, 0.2) is 73.8 Å². The molecule has 0 aliphatic rings. The summed E-state index contributed by atoms with van der Waals surface area (Å²) >= 11 is 0. The molecule has 0 saturated heterocycles. The maximum atomic E-state index is 3.95. The molecule has 0 spiro atoms. The number of hydrogen-bond donors (Lipinski definition) is 0. The van der Waals surface area contributed by atoms with E-state index >= 15 is 0 Å². The summed E-state index contributed by atoms with van der Waals surface area (Å²) in [6.45, 7) is 16.6. The van der Waals surface area contributed by atoms with Crippen molar-refractivity contribution in [3.05, 3.63) is 118 Å². The smallest absolute Gasteiger partial charge is 0.0299 e. The van der Waals surface area contributed by atoms with Crippen LogP contribution >= 0.6 is 0 Å². The summed E-state index contributed by atoms with van der Waals surface area (Å²) in [4.78, 5) is 15.8. The molecule has 0 saturated carbocycles. The molecule has 32 heavy (non-hydrogen) atoms. The van der Waals surface area contributed by atoms with Gasteiger partial charge in [-0.3, -0.25) is 19.9 Å². The molecule has 0 unspecified atom stereocenters. The summed E-state index contributed by atoms with van der Waals surface area (Å²) in [6.07, 6.45) is 14.7. The first-order valence-electron chi connectivity index (χ1n) is 10.7. The molecule has 0 radical (unpaired) electrons. The molecular weight excluding hydrogens is 392 g/mol. The molecule has 0 fully saturated rings. The molecular formula is C28H36N4. The highest BCUT2D eigenvalue weighted by molar-refractivity contribution is 5.20. The Labute approximate surface area is 193 Å². The molecule has 4 heteroatoms. The lowest BCUT2D eigenvalue weighted by molar-refractivity contribution is 1.22. The normalized spacial score (nSPS) is 9.25. The third-order valence-corrected chi connectivity index (χ3v) is 5.20. The highest BCUT2D eigenvalue weighted by atomic mass is 14.6. The fraction of sp³-hybridized carbons (Fsp3) is 0.286. The number of rotatable bonds is 0. The lowest BCUT2D eigenvalue weighted by atomic mass is 10.2. The van der Waals surface area contributed by atoms with Gasteiger partial charge in [0.15, 0.2) is 0 Å². The van der Waals surface area contributed by atoms with E-state index in [9.17, 15) is 0 Å². The number of aryl methyl sites for hydroxylation is 8. The van der Waals surface area contributed by atoms with Crippen LogP contribution in [0.25, 0.3) is 0 Å². The first-order valence-corrected chi connectivity index (χ1v) is 10.7. The van der Waals surface area contributed by atoms with E-state index in [4.69, 9.17) is 0 Å². The van der Waals surface area contributed by atoms with Crippen LogP contribution in [0.1, 0.15) is 44.5 Å². The van der Waals surface area contributed by atoms with Gasteiger partial charge in [0.05, 0.1) is 0 Å². The van der Waals surface area contributed by atoms with Gasteiger partial charge < -0.3 is 0 Å². The van der Waals surface area contributed by atoms with Gasteiger partial charge in [0.2, 0.25) is 0 Å². The van der Waals surface area contributed by atoms with E-state index in [-0.39, 0.29) is 0 Å². The molecule has 4 aromatic heterocycles. The first-order chi connectivity index (χ1) is 15.2. The van der Waals surface area contributed by atoms with Crippen molar-refractivity contribution in [1.82, 2.24) is 19.9 Å². The maximum absolute atomic E-state index is 3.95. The summed E-state index contributed by atoms with van der Waals surface area (Å²) in [6, 6.07) is 8.04.